The number of carbonyl (C=O) groups excluding carboxylic acids is 1. The maximum Gasteiger partial charge on any atom is 0.337 e. The summed E-state index contributed by atoms with van der Waals surface area (Å²) in [5.74, 6) is 0.376. The SMILES string of the molecule is O=C(CCSC1=NCCS1)Nc1ccc(Cl)c(C(=O)O)c1. The van der Waals surface area contributed by atoms with Gasteiger partial charge < -0.3 is 10.4 Å². The minimum absolute atomic E-state index is 0.0273. The van der Waals surface area contributed by atoms with Crippen molar-refractivity contribution in [3.8, 4) is 0 Å². The first-order chi connectivity index (χ1) is 10.1. The van der Waals surface area contributed by atoms with Crippen molar-refractivity contribution in [1.82, 2.24) is 0 Å². The molecule has 0 radical (unpaired) electrons. The molecular formula is C13H13ClN2O3S2. The number of benzene rings is 1. The number of rotatable bonds is 5. The second-order valence-corrected chi connectivity index (χ2v) is 6.98. The van der Waals surface area contributed by atoms with Crippen LogP contribution >= 0.6 is 35.1 Å². The maximum atomic E-state index is 11.8. The van der Waals surface area contributed by atoms with Crippen molar-refractivity contribution < 1.29 is 14.7 Å². The van der Waals surface area contributed by atoms with E-state index in [0.29, 0.717) is 17.9 Å². The lowest BCUT2D eigenvalue weighted by Crippen LogP contribution is -2.13. The first kappa shape index (κ1) is 16.2. The summed E-state index contributed by atoms with van der Waals surface area (Å²) in [6.45, 7) is 0.849. The summed E-state index contributed by atoms with van der Waals surface area (Å²) >= 11 is 9.05. The Balaban J connectivity index is 1.84. The lowest BCUT2D eigenvalue weighted by molar-refractivity contribution is -0.115. The number of thioether (sulfide) groups is 2. The Labute approximate surface area is 135 Å². The average molecular weight is 345 g/mol. The molecule has 0 saturated carbocycles. The number of aromatic carboxylic acids is 1. The zero-order valence-electron chi connectivity index (χ0n) is 11.0. The van der Waals surface area contributed by atoms with E-state index in [0.717, 1.165) is 16.7 Å². The van der Waals surface area contributed by atoms with Crippen molar-refractivity contribution >= 4 is 57.1 Å². The molecule has 0 fully saturated rings. The summed E-state index contributed by atoms with van der Waals surface area (Å²) in [7, 11) is 0. The topological polar surface area (TPSA) is 78.8 Å². The van der Waals surface area contributed by atoms with Gasteiger partial charge in [-0.15, -0.1) is 0 Å². The third-order valence-electron chi connectivity index (χ3n) is 2.59. The minimum atomic E-state index is -1.12. The highest BCUT2D eigenvalue weighted by Gasteiger charge is 2.12. The molecule has 112 valence electrons. The van der Waals surface area contributed by atoms with Gasteiger partial charge in [0.25, 0.3) is 0 Å². The molecule has 21 heavy (non-hydrogen) atoms. The summed E-state index contributed by atoms with van der Waals surface area (Å²) in [6, 6.07) is 4.39. The van der Waals surface area contributed by atoms with Crippen molar-refractivity contribution in [2.24, 2.45) is 4.99 Å². The van der Waals surface area contributed by atoms with Gasteiger partial charge in [0.05, 0.1) is 17.1 Å². The highest BCUT2D eigenvalue weighted by atomic mass is 35.5. The molecule has 0 bridgehead atoms. The van der Waals surface area contributed by atoms with Crippen molar-refractivity contribution in [3.05, 3.63) is 28.8 Å². The van der Waals surface area contributed by atoms with Crippen LogP contribution in [0.4, 0.5) is 5.69 Å². The van der Waals surface area contributed by atoms with Gasteiger partial charge in [0.15, 0.2) is 0 Å². The number of carbonyl (C=O) groups is 2. The highest BCUT2D eigenvalue weighted by Crippen LogP contribution is 2.23. The number of amides is 1. The fourth-order valence-corrected chi connectivity index (χ4v) is 3.84. The second-order valence-electron chi connectivity index (χ2n) is 4.14. The Morgan fingerprint density at radius 1 is 1.48 bits per heavy atom. The zero-order chi connectivity index (χ0) is 15.2. The van der Waals surface area contributed by atoms with E-state index in [1.165, 1.54) is 12.1 Å². The summed E-state index contributed by atoms with van der Waals surface area (Å²) in [5.41, 5.74) is 0.403. The largest absolute Gasteiger partial charge is 0.478 e. The normalized spacial score (nSPS) is 13.9. The summed E-state index contributed by atoms with van der Waals surface area (Å²) < 4.78 is 1.03. The Kier molecular flexibility index (Phi) is 5.96. The van der Waals surface area contributed by atoms with Crippen LogP contribution in [0, 0.1) is 0 Å². The lowest BCUT2D eigenvalue weighted by Gasteiger charge is -2.07. The Hall–Kier alpha value is -1.18. The van der Waals surface area contributed by atoms with Crippen molar-refractivity contribution in [2.45, 2.75) is 6.42 Å². The summed E-state index contributed by atoms with van der Waals surface area (Å²) in [5, 5.41) is 11.8. The van der Waals surface area contributed by atoms with E-state index < -0.39 is 5.97 Å². The van der Waals surface area contributed by atoms with Gasteiger partial charge in [-0.25, -0.2) is 4.79 Å². The Morgan fingerprint density at radius 3 is 2.95 bits per heavy atom. The van der Waals surface area contributed by atoms with Crippen LogP contribution in [0.3, 0.4) is 0 Å². The van der Waals surface area contributed by atoms with Crippen LogP contribution in [0.1, 0.15) is 16.8 Å². The highest BCUT2D eigenvalue weighted by molar-refractivity contribution is 8.39. The number of nitrogens with one attached hydrogen (secondary N) is 1. The predicted molar refractivity (Wildman–Crippen MR) is 88.9 cm³/mol. The van der Waals surface area contributed by atoms with E-state index in [-0.39, 0.29) is 16.5 Å². The first-order valence-corrected chi connectivity index (χ1v) is 8.54. The van der Waals surface area contributed by atoms with Gasteiger partial charge in [-0.3, -0.25) is 9.79 Å². The molecule has 0 atom stereocenters. The molecule has 1 aliphatic heterocycles. The summed E-state index contributed by atoms with van der Waals surface area (Å²) in [6.07, 6.45) is 0.343. The van der Waals surface area contributed by atoms with E-state index in [1.54, 1.807) is 29.6 Å². The summed E-state index contributed by atoms with van der Waals surface area (Å²) in [4.78, 5) is 27.1. The van der Waals surface area contributed by atoms with Gasteiger partial charge in [-0.05, 0) is 18.2 Å². The number of anilines is 1. The molecular weight excluding hydrogens is 332 g/mol. The second kappa shape index (κ2) is 7.72. The number of carboxylic acids is 1. The quantitative estimate of drug-likeness (QED) is 0.857. The lowest BCUT2D eigenvalue weighted by atomic mass is 10.2. The van der Waals surface area contributed by atoms with Gasteiger partial charge in [0.1, 0.15) is 4.38 Å². The molecule has 0 aliphatic carbocycles. The zero-order valence-corrected chi connectivity index (χ0v) is 13.4. The number of carboxylic acid groups (broad SMARTS) is 1. The maximum absolute atomic E-state index is 11.8. The average Bonchev–Trinajstić information content (AvgIpc) is 2.94. The van der Waals surface area contributed by atoms with Gasteiger partial charge >= 0.3 is 5.97 Å². The van der Waals surface area contributed by atoms with Crippen LogP contribution in [0.5, 0.6) is 0 Å². The van der Waals surface area contributed by atoms with Gasteiger partial charge in [-0.1, -0.05) is 35.1 Å². The predicted octanol–water partition coefficient (Wildman–Crippen LogP) is 3.20. The molecule has 5 nitrogen and oxygen atoms in total. The smallest absolute Gasteiger partial charge is 0.337 e. The number of hydrogen-bond acceptors (Lipinski definition) is 5. The van der Waals surface area contributed by atoms with E-state index in [9.17, 15) is 9.59 Å². The van der Waals surface area contributed by atoms with Gasteiger partial charge in [0.2, 0.25) is 5.91 Å². The van der Waals surface area contributed by atoms with Crippen LogP contribution in [-0.2, 0) is 4.79 Å². The molecule has 0 spiro atoms. The van der Waals surface area contributed by atoms with E-state index in [2.05, 4.69) is 10.3 Å². The van der Waals surface area contributed by atoms with Crippen LogP contribution in [0.2, 0.25) is 5.02 Å². The van der Waals surface area contributed by atoms with Crippen LogP contribution < -0.4 is 5.32 Å². The van der Waals surface area contributed by atoms with Crippen LogP contribution in [0.25, 0.3) is 0 Å². The molecule has 2 rings (SSSR count). The van der Waals surface area contributed by atoms with Crippen molar-refractivity contribution in [1.29, 1.82) is 0 Å². The molecule has 2 N–H and O–H groups in total. The Bertz CT molecular complexity index is 593. The third-order valence-corrected chi connectivity index (χ3v) is 5.18. The molecule has 1 aliphatic rings. The molecule has 0 unspecified atom stereocenters. The van der Waals surface area contributed by atoms with E-state index in [4.69, 9.17) is 16.7 Å². The molecule has 1 aromatic rings. The molecule has 0 saturated heterocycles. The fourth-order valence-electron chi connectivity index (χ4n) is 1.62. The van der Waals surface area contributed by atoms with E-state index in [1.807, 2.05) is 0 Å². The minimum Gasteiger partial charge on any atom is -0.478 e. The number of halogens is 1. The van der Waals surface area contributed by atoms with Crippen LogP contribution in [-0.4, -0.2) is 39.4 Å². The fraction of sp³-hybridized carbons (Fsp3) is 0.308. The van der Waals surface area contributed by atoms with Gasteiger partial charge in [-0.2, -0.15) is 0 Å². The van der Waals surface area contributed by atoms with Gasteiger partial charge in [0, 0.05) is 23.6 Å². The Morgan fingerprint density at radius 2 is 2.29 bits per heavy atom. The number of aliphatic imine (C=N–C) groups is 1. The molecule has 1 amide bonds. The molecule has 1 aromatic carbocycles. The van der Waals surface area contributed by atoms with Crippen molar-refractivity contribution in [2.75, 3.05) is 23.4 Å². The van der Waals surface area contributed by atoms with E-state index >= 15 is 0 Å². The van der Waals surface area contributed by atoms with Crippen molar-refractivity contribution in [3.63, 3.8) is 0 Å². The molecule has 8 heteroatoms. The first-order valence-electron chi connectivity index (χ1n) is 6.19. The van der Waals surface area contributed by atoms with Crippen LogP contribution in [0.15, 0.2) is 23.2 Å². The monoisotopic (exact) mass is 344 g/mol. The standard InChI is InChI=1S/C13H13ClN2O3S2/c14-10-2-1-8(7-9(10)12(18)19)16-11(17)3-5-20-13-15-4-6-21-13/h1-2,7H,3-6H2,(H,16,17)(H,18,19). The molecule has 0 aromatic heterocycles. The molecule has 1 heterocycles. The third kappa shape index (κ3) is 4.94. The number of nitrogens with zero attached hydrogens (tertiary/aromatic N) is 1. The number of hydrogen-bond donors (Lipinski definition) is 2.